The predicted molar refractivity (Wildman–Crippen MR) is 69.8 cm³/mol. The minimum absolute atomic E-state index is 0.498. The Hall–Kier alpha value is -2.21. The number of aliphatic carboxylic acids is 1. The third-order valence-corrected chi connectivity index (χ3v) is 2.54. The molecule has 19 heavy (non-hydrogen) atoms. The molecule has 0 amide bonds. The number of hydrogen-bond donors (Lipinski definition) is 2. The zero-order valence-corrected chi connectivity index (χ0v) is 11.0. The van der Waals surface area contributed by atoms with Gasteiger partial charge in [-0.05, 0) is 6.07 Å². The van der Waals surface area contributed by atoms with Gasteiger partial charge in [-0.3, -0.25) is 0 Å². The number of benzene rings is 1. The molecule has 1 atom stereocenters. The van der Waals surface area contributed by atoms with E-state index in [0.29, 0.717) is 22.8 Å². The van der Waals surface area contributed by atoms with Gasteiger partial charge in [0.05, 0.1) is 27.4 Å². The lowest BCUT2D eigenvalue weighted by Crippen LogP contribution is -2.10. The molecule has 0 radical (unpaired) electrons. The fourth-order valence-electron chi connectivity index (χ4n) is 1.60. The van der Waals surface area contributed by atoms with Gasteiger partial charge < -0.3 is 25.1 Å². The van der Waals surface area contributed by atoms with Crippen LogP contribution in [0.25, 0.3) is 0 Å². The van der Waals surface area contributed by atoms with Crippen LogP contribution in [0.2, 0.25) is 0 Å². The number of ether oxygens (including phenoxy) is 3. The summed E-state index contributed by atoms with van der Waals surface area (Å²) in [6.45, 7) is 0. The monoisotopic (exact) mass is 267 g/mol. The van der Waals surface area contributed by atoms with Crippen LogP contribution in [0.15, 0.2) is 24.3 Å². The van der Waals surface area contributed by atoms with Crippen LogP contribution in [0.1, 0.15) is 11.6 Å². The fraction of sp³-hybridized carbons (Fsp3) is 0.308. The van der Waals surface area contributed by atoms with Gasteiger partial charge in [-0.2, -0.15) is 0 Å². The van der Waals surface area contributed by atoms with E-state index in [-0.39, 0.29) is 0 Å². The largest absolute Gasteiger partial charge is 0.496 e. The number of carbonyl (C=O) groups is 1. The summed E-state index contributed by atoms with van der Waals surface area (Å²) in [4.78, 5) is 10.5. The maximum atomic E-state index is 10.5. The molecule has 3 N–H and O–H groups in total. The van der Waals surface area contributed by atoms with Crippen molar-refractivity contribution in [3.05, 3.63) is 29.8 Å². The van der Waals surface area contributed by atoms with Crippen molar-refractivity contribution in [1.82, 2.24) is 0 Å². The molecule has 104 valence electrons. The molecule has 1 aromatic rings. The molecular formula is C13H17NO5. The van der Waals surface area contributed by atoms with Gasteiger partial charge in [0, 0.05) is 17.7 Å². The van der Waals surface area contributed by atoms with Crippen molar-refractivity contribution in [2.24, 2.45) is 5.73 Å². The molecule has 0 aliphatic rings. The van der Waals surface area contributed by atoms with Gasteiger partial charge >= 0.3 is 5.97 Å². The average Bonchev–Trinajstić information content (AvgIpc) is 2.42. The minimum atomic E-state index is -1.06. The number of rotatable bonds is 6. The van der Waals surface area contributed by atoms with E-state index in [2.05, 4.69) is 0 Å². The topological polar surface area (TPSA) is 91.0 Å². The van der Waals surface area contributed by atoms with Crippen molar-refractivity contribution in [2.75, 3.05) is 21.3 Å². The highest BCUT2D eigenvalue weighted by atomic mass is 16.5. The van der Waals surface area contributed by atoms with Crippen LogP contribution >= 0.6 is 0 Å². The molecule has 0 saturated carbocycles. The quantitative estimate of drug-likeness (QED) is 0.756. The average molecular weight is 267 g/mol. The zero-order chi connectivity index (χ0) is 14.4. The molecule has 6 nitrogen and oxygen atoms in total. The number of carboxylic acids is 1. The maximum absolute atomic E-state index is 10.5. The Bertz CT molecular complexity index is 484. The van der Waals surface area contributed by atoms with Crippen LogP contribution < -0.4 is 19.9 Å². The molecule has 6 heteroatoms. The molecule has 1 rings (SSSR count). The molecule has 0 aliphatic heterocycles. The van der Waals surface area contributed by atoms with E-state index in [1.54, 1.807) is 12.1 Å². The molecule has 0 bridgehead atoms. The summed E-state index contributed by atoms with van der Waals surface area (Å²) in [6.07, 6.45) is 2.35. The smallest absolute Gasteiger partial charge is 0.328 e. The molecule has 0 fully saturated rings. The van der Waals surface area contributed by atoms with Crippen LogP contribution in [-0.2, 0) is 4.79 Å². The summed E-state index contributed by atoms with van der Waals surface area (Å²) in [5, 5.41) is 8.60. The van der Waals surface area contributed by atoms with E-state index in [1.807, 2.05) is 0 Å². The Morgan fingerprint density at radius 3 is 2.16 bits per heavy atom. The van der Waals surface area contributed by atoms with Crippen LogP contribution in [-0.4, -0.2) is 32.4 Å². The predicted octanol–water partition coefficient (Wildman–Crippen LogP) is 1.35. The first-order valence-corrected chi connectivity index (χ1v) is 5.50. The van der Waals surface area contributed by atoms with E-state index < -0.39 is 12.0 Å². The Kier molecular flexibility index (Phi) is 5.20. The highest BCUT2D eigenvalue weighted by Gasteiger charge is 2.15. The molecule has 0 aromatic heterocycles. The first-order chi connectivity index (χ1) is 9.03. The van der Waals surface area contributed by atoms with Crippen molar-refractivity contribution in [2.45, 2.75) is 6.04 Å². The Balaban J connectivity index is 3.21. The summed E-state index contributed by atoms with van der Waals surface area (Å²) in [5.74, 6) is 0.449. The second kappa shape index (κ2) is 6.65. The Morgan fingerprint density at radius 1 is 1.16 bits per heavy atom. The Labute approximate surface area is 111 Å². The maximum Gasteiger partial charge on any atom is 0.328 e. The third-order valence-electron chi connectivity index (χ3n) is 2.54. The standard InChI is InChI=1S/C13H17NO5/c1-17-10-7-12(19-3)11(18-2)6-8(10)9(14)4-5-13(15)16/h4-7,9H,14H2,1-3H3,(H,15,16)/b5-4+. The van der Waals surface area contributed by atoms with Crippen LogP contribution in [0, 0.1) is 0 Å². The summed E-state index contributed by atoms with van der Waals surface area (Å²) in [5.41, 5.74) is 6.52. The molecule has 0 aliphatic carbocycles. The molecule has 0 spiro atoms. The van der Waals surface area contributed by atoms with E-state index in [4.69, 9.17) is 25.1 Å². The van der Waals surface area contributed by atoms with E-state index in [1.165, 1.54) is 27.4 Å². The number of nitrogens with two attached hydrogens (primary N) is 1. The van der Waals surface area contributed by atoms with E-state index in [9.17, 15) is 4.79 Å². The second-order valence-corrected chi connectivity index (χ2v) is 3.67. The van der Waals surface area contributed by atoms with Crippen molar-refractivity contribution >= 4 is 5.97 Å². The summed E-state index contributed by atoms with van der Waals surface area (Å²) in [6, 6.07) is 2.68. The van der Waals surface area contributed by atoms with Gasteiger partial charge in [0.15, 0.2) is 11.5 Å². The first-order valence-electron chi connectivity index (χ1n) is 5.50. The Morgan fingerprint density at radius 2 is 1.68 bits per heavy atom. The van der Waals surface area contributed by atoms with Crippen molar-refractivity contribution < 1.29 is 24.1 Å². The highest BCUT2D eigenvalue weighted by Crippen LogP contribution is 2.37. The minimum Gasteiger partial charge on any atom is -0.496 e. The lowest BCUT2D eigenvalue weighted by atomic mass is 10.0. The molecular weight excluding hydrogens is 250 g/mol. The van der Waals surface area contributed by atoms with E-state index in [0.717, 1.165) is 6.08 Å². The van der Waals surface area contributed by atoms with Gasteiger partial charge in [-0.15, -0.1) is 0 Å². The van der Waals surface area contributed by atoms with Crippen LogP contribution in [0.4, 0.5) is 0 Å². The highest BCUT2D eigenvalue weighted by molar-refractivity contribution is 5.79. The molecule has 0 heterocycles. The lowest BCUT2D eigenvalue weighted by Gasteiger charge is -2.16. The molecule has 0 saturated heterocycles. The van der Waals surface area contributed by atoms with Gasteiger partial charge in [-0.1, -0.05) is 6.08 Å². The molecule has 1 aromatic carbocycles. The van der Waals surface area contributed by atoms with Crippen LogP contribution in [0.3, 0.4) is 0 Å². The molecule has 1 unspecified atom stereocenters. The van der Waals surface area contributed by atoms with Crippen molar-refractivity contribution in [1.29, 1.82) is 0 Å². The normalized spacial score (nSPS) is 12.2. The number of hydrogen-bond acceptors (Lipinski definition) is 5. The van der Waals surface area contributed by atoms with Crippen molar-refractivity contribution in [3.63, 3.8) is 0 Å². The number of carboxylic acid groups (broad SMARTS) is 1. The van der Waals surface area contributed by atoms with Gasteiger partial charge in [0.2, 0.25) is 0 Å². The van der Waals surface area contributed by atoms with Crippen LogP contribution in [0.5, 0.6) is 17.2 Å². The third kappa shape index (κ3) is 3.62. The van der Waals surface area contributed by atoms with Gasteiger partial charge in [0.25, 0.3) is 0 Å². The first kappa shape index (κ1) is 14.8. The fourth-order valence-corrected chi connectivity index (χ4v) is 1.60. The van der Waals surface area contributed by atoms with E-state index >= 15 is 0 Å². The van der Waals surface area contributed by atoms with Crippen molar-refractivity contribution in [3.8, 4) is 17.2 Å². The number of methoxy groups -OCH3 is 3. The second-order valence-electron chi connectivity index (χ2n) is 3.67. The zero-order valence-electron chi connectivity index (χ0n) is 11.0. The van der Waals surface area contributed by atoms with Gasteiger partial charge in [0.1, 0.15) is 5.75 Å². The summed E-state index contributed by atoms with van der Waals surface area (Å²) in [7, 11) is 4.52. The summed E-state index contributed by atoms with van der Waals surface area (Å²) >= 11 is 0. The lowest BCUT2D eigenvalue weighted by molar-refractivity contribution is -0.131. The SMILES string of the molecule is COc1cc(OC)c(C(N)/C=C/C(=O)O)cc1OC. The van der Waals surface area contributed by atoms with Gasteiger partial charge in [-0.25, -0.2) is 4.79 Å². The summed E-state index contributed by atoms with van der Waals surface area (Å²) < 4.78 is 15.5.